The van der Waals surface area contributed by atoms with Gasteiger partial charge in [0.05, 0.1) is 19.8 Å². The zero-order valence-corrected chi connectivity index (χ0v) is 19.2. The van der Waals surface area contributed by atoms with Gasteiger partial charge in [0.2, 0.25) is 0 Å². The molecule has 0 amide bonds. The highest BCUT2D eigenvalue weighted by molar-refractivity contribution is 7.88. The Morgan fingerprint density at radius 3 is 2.64 bits per heavy atom. The van der Waals surface area contributed by atoms with Crippen molar-refractivity contribution < 1.29 is 40.0 Å². The van der Waals surface area contributed by atoms with Crippen LogP contribution in [0.4, 0.5) is 13.2 Å². The molecule has 1 aromatic heterocycles. The van der Waals surface area contributed by atoms with E-state index >= 15 is 0 Å². The number of halogens is 3. The Bertz CT molecular complexity index is 1190. The molecule has 0 aliphatic carbocycles. The van der Waals surface area contributed by atoms with Gasteiger partial charge in [0.1, 0.15) is 5.70 Å². The second-order valence-corrected chi connectivity index (χ2v) is 9.90. The number of fused-ring (bicyclic) bond motifs is 3. The van der Waals surface area contributed by atoms with Gasteiger partial charge in [-0.25, -0.2) is 4.79 Å². The maximum absolute atomic E-state index is 12.9. The van der Waals surface area contributed by atoms with E-state index in [4.69, 9.17) is 9.47 Å². The molecule has 1 aromatic carbocycles. The number of hydrogen-bond donors (Lipinski definition) is 0. The normalized spacial score (nSPS) is 20.0. The zero-order chi connectivity index (χ0) is 24.0. The van der Waals surface area contributed by atoms with Crippen LogP contribution in [0.2, 0.25) is 0 Å². The Hall–Kier alpha value is -2.73. The van der Waals surface area contributed by atoms with Gasteiger partial charge in [0, 0.05) is 17.3 Å². The Morgan fingerprint density at radius 1 is 1.27 bits per heavy atom. The monoisotopic (exact) mass is 503 g/mol. The molecule has 2 aliphatic rings. The largest absolute Gasteiger partial charge is 0.534 e. The number of methoxy groups -OCH3 is 1. The second-order valence-electron chi connectivity index (χ2n) is 7.39. The van der Waals surface area contributed by atoms with E-state index in [0.717, 1.165) is 10.4 Å². The predicted molar refractivity (Wildman–Crippen MR) is 114 cm³/mol. The molecule has 0 fully saturated rings. The number of alkyl halides is 3. The average molecular weight is 504 g/mol. The maximum Gasteiger partial charge on any atom is 0.534 e. The Kier molecular flexibility index (Phi) is 6.08. The van der Waals surface area contributed by atoms with Crippen molar-refractivity contribution in [1.29, 1.82) is 0 Å². The fourth-order valence-electron chi connectivity index (χ4n) is 4.17. The van der Waals surface area contributed by atoms with Gasteiger partial charge in [-0.05, 0) is 54.1 Å². The van der Waals surface area contributed by atoms with Gasteiger partial charge < -0.3 is 18.6 Å². The first-order valence-electron chi connectivity index (χ1n) is 9.98. The van der Waals surface area contributed by atoms with Crippen LogP contribution in [0.5, 0.6) is 11.5 Å². The summed E-state index contributed by atoms with van der Waals surface area (Å²) in [5.41, 5.74) is -3.90. The van der Waals surface area contributed by atoms with Gasteiger partial charge in [-0.1, -0.05) is 6.07 Å². The maximum atomic E-state index is 12.9. The van der Waals surface area contributed by atoms with Gasteiger partial charge in [-0.15, -0.1) is 11.3 Å². The van der Waals surface area contributed by atoms with Crippen LogP contribution < -0.4 is 8.92 Å². The van der Waals surface area contributed by atoms with Gasteiger partial charge in [-0.3, -0.25) is 0 Å². The number of rotatable bonds is 6. The standard InChI is InChI=1S/C21H20F3NO6S2/c1-3-30-20(26)15-10-14(18-5-4-8-32-18)19-13-11-17(31-33(27,28)21(22,23)24)16(29-2)9-12(13)6-7-25(15)19/h4-5,8-11,14,19H,3,6-7H2,1-2H3. The third-order valence-electron chi connectivity index (χ3n) is 5.53. The van der Waals surface area contributed by atoms with Crippen molar-refractivity contribution in [1.82, 2.24) is 4.90 Å². The first-order valence-corrected chi connectivity index (χ1v) is 12.3. The molecule has 7 nitrogen and oxygen atoms in total. The number of ether oxygens (including phenoxy) is 2. The molecule has 2 unspecified atom stereocenters. The summed E-state index contributed by atoms with van der Waals surface area (Å²) in [6.07, 6.45) is 2.25. The van der Waals surface area contributed by atoms with Gasteiger partial charge >= 0.3 is 21.6 Å². The molecule has 0 saturated heterocycles. The summed E-state index contributed by atoms with van der Waals surface area (Å²) in [4.78, 5) is 15.4. The third-order valence-corrected chi connectivity index (χ3v) is 7.47. The number of esters is 1. The number of hydrogen-bond acceptors (Lipinski definition) is 8. The molecule has 0 spiro atoms. The minimum Gasteiger partial charge on any atom is -0.493 e. The smallest absolute Gasteiger partial charge is 0.493 e. The second kappa shape index (κ2) is 8.56. The van der Waals surface area contributed by atoms with Crippen molar-refractivity contribution in [2.24, 2.45) is 0 Å². The third kappa shape index (κ3) is 4.17. The highest BCUT2D eigenvalue weighted by atomic mass is 32.2. The lowest BCUT2D eigenvalue weighted by molar-refractivity contribution is -0.140. The number of carbonyl (C=O) groups is 1. The van der Waals surface area contributed by atoms with E-state index in [0.29, 0.717) is 24.2 Å². The van der Waals surface area contributed by atoms with E-state index in [1.54, 1.807) is 13.0 Å². The first kappa shape index (κ1) is 23.4. The van der Waals surface area contributed by atoms with Crippen molar-refractivity contribution in [2.45, 2.75) is 30.8 Å². The number of carbonyl (C=O) groups excluding carboxylic acids is 1. The SMILES string of the molecule is CCOC(=O)C1=CC(c2cccs2)C2c3cc(OS(=O)(=O)C(F)(F)F)c(OC)cc3CCN12. The number of thiophene rings is 1. The van der Waals surface area contributed by atoms with E-state index < -0.39 is 33.4 Å². The lowest BCUT2D eigenvalue weighted by atomic mass is 9.86. The molecular weight excluding hydrogens is 483 g/mol. The summed E-state index contributed by atoms with van der Waals surface area (Å²) in [6, 6.07) is 6.07. The summed E-state index contributed by atoms with van der Waals surface area (Å²) in [6.45, 7) is 2.36. The minimum absolute atomic E-state index is 0.126. The molecule has 0 bridgehead atoms. The van der Waals surface area contributed by atoms with E-state index in [1.165, 1.54) is 30.6 Å². The van der Waals surface area contributed by atoms with Crippen molar-refractivity contribution >= 4 is 27.4 Å². The average Bonchev–Trinajstić information content (AvgIpc) is 3.40. The van der Waals surface area contributed by atoms with Crippen LogP contribution in [0.3, 0.4) is 0 Å². The minimum atomic E-state index is -5.90. The van der Waals surface area contributed by atoms with Gasteiger partial charge in [0.15, 0.2) is 11.5 Å². The molecule has 0 saturated carbocycles. The van der Waals surface area contributed by atoms with Crippen LogP contribution in [0.25, 0.3) is 0 Å². The fourth-order valence-corrected chi connectivity index (χ4v) is 5.46. The van der Waals surface area contributed by atoms with E-state index in [9.17, 15) is 26.4 Å². The van der Waals surface area contributed by atoms with Gasteiger partial charge in [-0.2, -0.15) is 21.6 Å². The Balaban J connectivity index is 1.82. The topological polar surface area (TPSA) is 82.1 Å². The molecular formula is C21H20F3NO6S2. The molecule has 178 valence electrons. The molecule has 2 atom stereocenters. The Morgan fingerprint density at radius 2 is 2.03 bits per heavy atom. The van der Waals surface area contributed by atoms with Crippen LogP contribution in [-0.2, 0) is 26.1 Å². The summed E-state index contributed by atoms with van der Waals surface area (Å²) < 4.78 is 76.9. The lowest BCUT2D eigenvalue weighted by Crippen LogP contribution is -2.36. The molecule has 12 heteroatoms. The van der Waals surface area contributed by atoms with Crippen LogP contribution in [0.15, 0.2) is 41.4 Å². The van der Waals surface area contributed by atoms with Crippen LogP contribution >= 0.6 is 11.3 Å². The van der Waals surface area contributed by atoms with E-state index in [-0.39, 0.29) is 18.3 Å². The molecule has 3 heterocycles. The lowest BCUT2D eigenvalue weighted by Gasteiger charge is -2.37. The molecule has 2 aromatic rings. The number of benzene rings is 1. The van der Waals surface area contributed by atoms with Crippen molar-refractivity contribution in [3.05, 3.63) is 57.4 Å². The molecule has 4 rings (SSSR count). The van der Waals surface area contributed by atoms with Crippen LogP contribution in [0, 0.1) is 0 Å². The van der Waals surface area contributed by atoms with Crippen LogP contribution in [0.1, 0.15) is 34.9 Å². The van der Waals surface area contributed by atoms with Crippen LogP contribution in [-0.4, -0.2) is 45.1 Å². The predicted octanol–water partition coefficient (Wildman–Crippen LogP) is 4.13. The highest BCUT2D eigenvalue weighted by Crippen LogP contribution is 2.51. The molecule has 0 radical (unpaired) electrons. The quantitative estimate of drug-likeness (QED) is 0.333. The summed E-state index contributed by atoms with van der Waals surface area (Å²) in [7, 11) is -4.68. The fraction of sp³-hybridized carbons (Fsp3) is 0.381. The highest BCUT2D eigenvalue weighted by Gasteiger charge is 2.49. The molecule has 33 heavy (non-hydrogen) atoms. The zero-order valence-electron chi connectivity index (χ0n) is 17.6. The first-order chi connectivity index (χ1) is 15.6. The van der Waals surface area contributed by atoms with Crippen molar-refractivity contribution in [2.75, 3.05) is 20.3 Å². The van der Waals surface area contributed by atoms with E-state index in [2.05, 4.69) is 4.18 Å². The molecule has 0 N–H and O–H groups in total. The summed E-state index contributed by atoms with van der Waals surface area (Å²) in [5.74, 6) is -1.47. The Labute approximate surface area is 192 Å². The molecule has 2 aliphatic heterocycles. The summed E-state index contributed by atoms with van der Waals surface area (Å²) in [5, 5.41) is 1.89. The van der Waals surface area contributed by atoms with E-state index in [1.807, 2.05) is 22.4 Å². The van der Waals surface area contributed by atoms with Gasteiger partial charge in [0.25, 0.3) is 0 Å². The number of nitrogens with zero attached hydrogens (tertiary/aromatic N) is 1. The van der Waals surface area contributed by atoms with Crippen molar-refractivity contribution in [3.8, 4) is 11.5 Å². The summed E-state index contributed by atoms with van der Waals surface area (Å²) >= 11 is 1.48. The van der Waals surface area contributed by atoms with Crippen molar-refractivity contribution in [3.63, 3.8) is 0 Å².